The highest BCUT2D eigenvalue weighted by Gasteiger charge is 2.13. The summed E-state index contributed by atoms with van der Waals surface area (Å²) in [7, 11) is 7.06. The van der Waals surface area contributed by atoms with Crippen molar-refractivity contribution in [1.82, 2.24) is 9.80 Å². The molecule has 1 atom stereocenters. The van der Waals surface area contributed by atoms with E-state index in [0.717, 1.165) is 6.54 Å². The van der Waals surface area contributed by atoms with Crippen molar-refractivity contribution in [3.63, 3.8) is 0 Å². The maximum Gasteiger partial charge on any atom is 0.223 e. The number of carbonyl (C=O) groups excluding carboxylic acids is 1. The van der Waals surface area contributed by atoms with Crippen LogP contribution in [-0.4, -0.2) is 74.9 Å². The predicted octanol–water partition coefficient (Wildman–Crippen LogP) is -0.596. The standard InChI is InChI=1S/C10H22N2O3/c1-11(2)6-5-10(14)12(3)7-9(13)8-15-4/h9,13H,5-8H2,1-4H3. The van der Waals surface area contributed by atoms with Crippen molar-refractivity contribution >= 4 is 5.91 Å². The van der Waals surface area contributed by atoms with Crippen LogP contribution in [0.5, 0.6) is 0 Å². The molecule has 0 heterocycles. The third-order valence-corrected chi connectivity index (χ3v) is 2.04. The highest BCUT2D eigenvalue weighted by atomic mass is 16.5. The molecule has 0 saturated carbocycles. The molecule has 1 amide bonds. The molecule has 0 aliphatic rings. The number of ether oxygens (including phenoxy) is 1. The van der Waals surface area contributed by atoms with Crippen molar-refractivity contribution in [3.05, 3.63) is 0 Å². The van der Waals surface area contributed by atoms with E-state index in [9.17, 15) is 9.90 Å². The summed E-state index contributed by atoms with van der Waals surface area (Å²) in [4.78, 5) is 15.0. The van der Waals surface area contributed by atoms with Crippen molar-refractivity contribution in [3.8, 4) is 0 Å². The Hall–Kier alpha value is -0.650. The molecule has 0 aromatic heterocycles. The van der Waals surface area contributed by atoms with Gasteiger partial charge in [-0.1, -0.05) is 0 Å². The van der Waals surface area contributed by atoms with Crippen molar-refractivity contribution in [2.45, 2.75) is 12.5 Å². The SMILES string of the molecule is COCC(O)CN(C)C(=O)CCN(C)C. The van der Waals surface area contributed by atoms with E-state index >= 15 is 0 Å². The second-order valence-corrected chi connectivity index (χ2v) is 3.94. The Morgan fingerprint density at radius 3 is 2.47 bits per heavy atom. The fourth-order valence-corrected chi connectivity index (χ4v) is 1.17. The number of rotatable bonds is 7. The number of aliphatic hydroxyl groups excluding tert-OH is 1. The molecule has 90 valence electrons. The molecule has 0 bridgehead atoms. The molecule has 0 saturated heterocycles. The lowest BCUT2D eigenvalue weighted by Gasteiger charge is -2.21. The molecule has 0 aliphatic carbocycles. The summed E-state index contributed by atoms with van der Waals surface area (Å²) in [5.41, 5.74) is 0. The van der Waals surface area contributed by atoms with Gasteiger partial charge in [0.05, 0.1) is 12.7 Å². The Kier molecular flexibility index (Phi) is 7.29. The first-order chi connectivity index (χ1) is 6.97. The maximum atomic E-state index is 11.5. The average molecular weight is 218 g/mol. The summed E-state index contributed by atoms with van der Waals surface area (Å²) in [5, 5.41) is 9.42. The number of carbonyl (C=O) groups is 1. The summed E-state index contributed by atoms with van der Waals surface area (Å²) < 4.78 is 4.79. The Bertz CT molecular complexity index is 186. The quantitative estimate of drug-likeness (QED) is 0.620. The summed E-state index contributed by atoms with van der Waals surface area (Å²) in [5.74, 6) is 0.0406. The van der Waals surface area contributed by atoms with Crippen LogP contribution in [0, 0.1) is 0 Å². The average Bonchev–Trinajstić information content (AvgIpc) is 2.14. The number of likely N-dealkylation sites (N-methyl/N-ethyl adjacent to an activating group) is 1. The summed E-state index contributed by atoms with van der Waals surface area (Å²) >= 11 is 0. The molecule has 0 spiro atoms. The molecule has 0 aliphatic heterocycles. The molecule has 0 radical (unpaired) electrons. The maximum absolute atomic E-state index is 11.5. The highest BCUT2D eigenvalue weighted by molar-refractivity contribution is 5.76. The zero-order valence-electron chi connectivity index (χ0n) is 10.1. The van der Waals surface area contributed by atoms with E-state index in [4.69, 9.17) is 4.74 Å². The lowest BCUT2D eigenvalue weighted by Crippen LogP contribution is -2.37. The number of aliphatic hydroxyl groups is 1. The fourth-order valence-electron chi connectivity index (χ4n) is 1.17. The first-order valence-corrected chi connectivity index (χ1v) is 5.03. The van der Waals surface area contributed by atoms with Gasteiger partial charge >= 0.3 is 0 Å². The second-order valence-electron chi connectivity index (χ2n) is 3.94. The van der Waals surface area contributed by atoms with Crippen LogP contribution in [0.25, 0.3) is 0 Å². The minimum atomic E-state index is -0.608. The minimum Gasteiger partial charge on any atom is -0.389 e. The lowest BCUT2D eigenvalue weighted by atomic mass is 10.3. The fraction of sp³-hybridized carbons (Fsp3) is 0.900. The summed E-state index contributed by atoms with van der Waals surface area (Å²) in [6.45, 7) is 1.30. The van der Waals surface area contributed by atoms with Crippen LogP contribution >= 0.6 is 0 Å². The van der Waals surface area contributed by atoms with Gasteiger partial charge < -0.3 is 19.6 Å². The molecule has 5 heteroatoms. The topological polar surface area (TPSA) is 53.0 Å². The van der Waals surface area contributed by atoms with Crippen molar-refractivity contribution in [1.29, 1.82) is 0 Å². The van der Waals surface area contributed by atoms with Crippen LogP contribution in [0.1, 0.15) is 6.42 Å². The van der Waals surface area contributed by atoms with Gasteiger partial charge in [0.15, 0.2) is 0 Å². The number of hydrogen-bond donors (Lipinski definition) is 1. The lowest BCUT2D eigenvalue weighted by molar-refractivity contribution is -0.131. The molecule has 1 N–H and O–H groups in total. The number of methoxy groups -OCH3 is 1. The van der Waals surface area contributed by atoms with Crippen LogP contribution in [0.15, 0.2) is 0 Å². The third-order valence-electron chi connectivity index (χ3n) is 2.04. The van der Waals surface area contributed by atoms with Gasteiger partial charge in [-0.05, 0) is 14.1 Å². The normalized spacial score (nSPS) is 12.9. The van der Waals surface area contributed by atoms with Gasteiger partial charge in [-0.15, -0.1) is 0 Å². The minimum absolute atomic E-state index is 0.0406. The van der Waals surface area contributed by atoms with Crippen LogP contribution in [0.3, 0.4) is 0 Å². The molecule has 5 nitrogen and oxygen atoms in total. The zero-order valence-corrected chi connectivity index (χ0v) is 10.1. The summed E-state index contributed by atoms with van der Waals surface area (Å²) in [6, 6.07) is 0. The second kappa shape index (κ2) is 7.62. The third kappa shape index (κ3) is 7.30. The molecule has 0 rings (SSSR count). The van der Waals surface area contributed by atoms with Gasteiger partial charge in [-0.3, -0.25) is 4.79 Å². The van der Waals surface area contributed by atoms with Crippen LogP contribution in [0.2, 0.25) is 0 Å². The highest BCUT2D eigenvalue weighted by Crippen LogP contribution is 1.95. The summed E-state index contributed by atoms with van der Waals surface area (Å²) in [6.07, 6.45) is -0.133. The Morgan fingerprint density at radius 1 is 1.40 bits per heavy atom. The van der Waals surface area contributed by atoms with Crippen molar-refractivity contribution in [2.24, 2.45) is 0 Å². The molecular weight excluding hydrogens is 196 g/mol. The van der Waals surface area contributed by atoms with Gasteiger partial charge in [-0.25, -0.2) is 0 Å². The number of hydrogen-bond acceptors (Lipinski definition) is 4. The van der Waals surface area contributed by atoms with Crippen LogP contribution in [-0.2, 0) is 9.53 Å². The van der Waals surface area contributed by atoms with Crippen LogP contribution < -0.4 is 0 Å². The van der Waals surface area contributed by atoms with E-state index in [1.807, 2.05) is 19.0 Å². The molecule has 1 unspecified atom stereocenters. The van der Waals surface area contributed by atoms with E-state index in [1.54, 1.807) is 7.05 Å². The molecular formula is C10H22N2O3. The Balaban J connectivity index is 3.78. The first kappa shape index (κ1) is 14.3. The monoisotopic (exact) mass is 218 g/mol. The Morgan fingerprint density at radius 2 is 2.00 bits per heavy atom. The van der Waals surface area contributed by atoms with E-state index in [0.29, 0.717) is 13.0 Å². The smallest absolute Gasteiger partial charge is 0.223 e. The first-order valence-electron chi connectivity index (χ1n) is 5.03. The predicted molar refractivity (Wildman–Crippen MR) is 58.7 cm³/mol. The van der Waals surface area contributed by atoms with Gasteiger partial charge in [0.1, 0.15) is 0 Å². The molecule has 0 fully saturated rings. The van der Waals surface area contributed by atoms with Crippen LogP contribution in [0.4, 0.5) is 0 Å². The van der Waals surface area contributed by atoms with E-state index < -0.39 is 6.10 Å². The number of nitrogens with zero attached hydrogens (tertiary/aromatic N) is 2. The van der Waals surface area contributed by atoms with Gasteiger partial charge in [0, 0.05) is 33.7 Å². The van der Waals surface area contributed by atoms with E-state index in [1.165, 1.54) is 12.0 Å². The number of amides is 1. The largest absolute Gasteiger partial charge is 0.389 e. The zero-order chi connectivity index (χ0) is 11.8. The van der Waals surface area contributed by atoms with E-state index in [2.05, 4.69) is 0 Å². The van der Waals surface area contributed by atoms with Gasteiger partial charge in [0.25, 0.3) is 0 Å². The molecule has 0 aromatic rings. The Labute approximate surface area is 91.6 Å². The van der Waals surface area contributed by atoms with Crippen molar-refractivity contribution < 1.29 is 14.6 Å². The van der Waals surface area contributed by atoms with Crippen molar-refractivity contribution in [2.75, 3.05) is 47.9 Å². The van der Waals surface area contributed by atoms with Gasteiger partial charge in [-0.2, -0.15) is 0 Å². The molecule has 0 aromatic carbocycles. The van der Waals surface area contributed by atoms with Gasteiger partial charge in [0.2, 0.25) is 5.91 Å². The molecule has 15 heavy (non-hydrogen) atoms. The van der Waals surface area contributed by atoms with E-state index in [-0.39, 0.29) is 12.5 Å².